The largest absolute Gasteiger partial charge is 0.322 e. The van der Waals surface area contributed by atoms with Gasteiger partial charge in [0, 0.05) is 16.3 Å². The summed E-state index contributed by atoms with van der Waals surface area (Å²) in [6, 6.07) is 12.3. The molecule has 1 amide bonds. The summed E-state index contributed by atoms with van der Waals surface area (Å²) in [5, 5.41) is 3.97. The molecule has 5 nitrogen and oxygen atoms in total. The summed E-state index contributed by atoms with van der Waals surface area (Å²) >= 11 is 7.33. The Morgan fingerprint density at radius 1 is 1.24 bits per heavy atom. The Morgan fingerprint density at radius 2 is 2.10 bits per heavy atom. The van der Waals surface area contributed by atoms with E-state index in [0.717, 1.165) is 10.2 Å². The van der Waals surface area contributed by atoms with Gasteiger partial charge in [-0.2, -0.15) is 0 Å². The Hall–Kier alpha value is -2.15. The molecule has 7 heteroatoms. The number of hydrazine groups is 1. The van der Waals surface area contributed by atoms with E-state index in [2.05, 4.69) is 15.7 Å². The number of halogens is 1. The average molecular weight is 319 g/mol. The molecule has 0 unspecified atom stereocenters. The molecule has 0 atom stereocenters. The number of rotatable bonds is 3. The van der Waals surface area contributed by atoms with Gasteiger partial charge >= 0.3 is 0 Å². The summed E-state index contributed by atoms with van der Waals surface area (Å²) in [5.41, 5.74) is 4.46. The molecule has 1 heterocycles. The zero-order valence-corrected chi connectivity index (χ0v) is 12.3. The molecular formula is C14H11ClN4OS. The maximum absolute atomic E-state index is 12.1. The van der Waals surface area contributed by atoms with Crippen LogP contribution in [0.1, 0.15) is 10.4 Å². The molecule has 21 heavy (non-hydrogen) atoms. The molecule has 0 aliphatic rings. The van der Waals surface area contributed by atoms with E-state index in [1.54, 1.807) is 30.3 Å². The van der Waals surface area contributed by atoms with Crippen molar-refractivity contribution in [3.63, 3.8) is 0 Å². The molecule has 0 bridgehead atoms. The van der Waals surface area contributed by atoms with Crippen LogP contribution in [0.5, 0.6) is 0 Å². The monoisotopic (exact) mass is 318 g/mol. The SMILES string of the molecule is NNc1nc2cc(NC(=O)c3cccc(Cl)c3)ccc2s1. The number of hydrogen-bond acceptors (Lipinski definition) is 5. The Balaban J connectivity index is 1.85. The molecule has 106 valence electrons. The highest BCUT2D eigenvalue weighted by atomic mass is 35.5. The maximum atomic E-state index is 12.1. The lowest BCUT2D eigenvalue weighted by Gasteiger charge is -2.05. The van der Waals surface area contributed by atoms with E-state index in [9.17, 15) is 4.79 Å². The number of hydrogen-bond donors (Lipinski definition) is 3. The number of benzene rings is 2. The third-order valence-corrected chi connectivity index (χ3v) is 4.06. The first-order chi connectivity index (χ1) is 10.2. The second-order valence-electron chi connectivity index (χ2n) is 4.31. The number of nitrogens with one attached hydrogen (secondary N) is 2. The molecule has 0 radical (unpaired) electrons. The Kier molecular flexibility index (Phi) is 3.74. The number of fused-ring (bicyclic) bond motifs is 1. The van der Waals surface area contributed by atoms with E-state index in [1.807, 2.05) is 12.1 Å². The second-order valence-corrected chi connectivity index (χ2v) is 5.78. The standard InChI is InChI=1S/C14H11ClN4OS/c15-9-3-1-2-8(6-9)13(20)17-10-4-5-12-11(7-10)18-14(19-16)21-12/h1-7H,16H2,(H,17,20)(H,18,19). The number of nitrogen functional groups attached to an aromatic ring is 1. The van der Waals surface area contributed by atoms with Gasteiger partial charge < -0.3 is 5.32 Å². The molecule has 1 aromatic heterocycles. The topological polar surface area (TPSA) is 80.0 Å². The molecular weight excluding hydrogens is 308 g/mol. The molecule has 0 fully saturated rings. The quantitative estimate of drug-likeness (QED) is 0.510. The fourth-order valence-corrected chi connectivity index (χ4v) is 2.85. The third kappa shape index (κ3) is 2.97. The Labute approximate surface area is 129 Å². The predicted molar refractivity (Wildman–Crippen MR) is 86.8 cm³/mol. The van der Waals surface area contributed by atoms with E-state index >= 15 is 0 Å². The van der Waals surface area contributed by atoms with Crippen molar-refractivity contribution >= 4 is 49.9 Å². The first-order valence-electron chi connectivity index (χ1n) is 6.10. The summed E-state index contributed by atoms with van der Waals surface area (Å²) < 4.78 is 0.990. The van der Waals surface area contributed by atoms with E-state index < -0.39 is 0 Å². The zero-order valence-electron chi connectivity index (χ0n) is 10.8. The molecule has 0 aliphatic carbocycles. The van der Waals surface area contributed by atoms with E-state index in [4.69, 9.17) is 17.4 Å². The fourth-order valence-electron chi connectivity index (χ4n) is 1.90. The first kappa shape index (κ1) is 13.8. The molecule has 4 N–H and O–H groups in total. The first-order valence-corrected chi connectivity index (χ1v) is 7.29. The fraction of sp³-hybridized carbons (Fsp3) is 0. The molecule has 0 aliphatic heterocycles. The molecule has 2 aromatic carbocycles. The van der Waals surface area contributed by atoms with Gasteiger partial charge in [-0.25, -0.2) is 10.8 Å². The van der Waals surface area contributed by atoms with E-state index in [1.165, 1.54) is 11.3 Å². The highest BCUT2D eigenvalue weighted by Gasteiger charge is 2.08. The second kappa shape index (κ2) is 5.69. The highest BCUT2D eigenvalue weighted by molar-refractivity contribution is 7.22. The van der Waals surface area contributed by atoms with Gasteiger partial charge in [0.05, 0.1) is 10.2 Å². The van der Waals surface area contributed by atoms with Crippen molar-refractivity contribution in [2.75, 3.05) is 10.7 Å². The highest BCUT2D eigenvalue weighted by Crippen LogP contribution is 2.27. The van der Waals surface area contributed by atoms with Gasteiger partial charge in [0.25, 0.3) is 5.91 Å². The van der Waals surface area contributed by atoms with Crippen molar-refractivity contribution in [3.05, 3.63) is 53.1 Å². The van der Waals surface area contributed by atoms with Crippen LogP contribution >= 0.6 is 22.9 Å². The van der Waals surface area contributed by atoms with Crippen LogP contribution in [0.15, 0.2) is 42.5 Å². The number of carbonyl (C=O) groups excluding carboxylic acids is 1. The van der Waals surface area contributed by atoms with Crippen LogP contribution in [0, 0.1) is 0 Å². The van der Waals surface area contributed by atoms with Crippen molar-refractivity contribution in [1.29, 1.82) is 0 Å². The number of anilines is 2. The van der Waals surface area contributed by atoms with Gasteiger partial charge in [-0.15, -0.1) is 0 Å². The summed E-state index contributed by atoms with van der Waals surface area (Å²) in [6.45, 7) is 0. The summed E-state index contributed by atoms with van der Waals surface area (Å²) in [7, 11) is 0. The van der Waals surface area contributed by atoms with Crippen molar-refractivity contribution in [2.45, 2.75) is 0 Å². The van der Waals surface area contributed by atoms with Gasteiger partial charge in [0.15, 0.2) is 5.13 Å². The average Bonchev–Trinajstić information content (AvgIpc) is 2.89. The lowest BCUT2D eigenvalue weighted by atomic mass is 10.2. The third-order valence-electron chi connectivity index (χ3n) is 2.86. The molecule has 3 rings (SSSR count). The zero-order chi connectivity index (χ0) is 14.8. The van der Waals surface area contributed by atoms with Gasteiger partial charge in [-0.1, -0.05) is 29.0 Å². The molecule has 0 spiro atoms. The summed E-state index contributed by atoms with van der Waals surface area (Å²) in [5.74, 6) is 5.12. The molecule has 3 aromatic rings. The maximum Gasteiger partial charge on any atom is 0.255 e. The Morgan fingerprint density at radius 3 is 2.86 bits per heavy atom. The van der Waals surface area contributed by atoms with Crippen molar-refractivity contribution in [1.82, 2.24) is 4.98 Å². The van der Waals surface area contributed by atoms with Crippen LogP contribution in [0.25, 0.3) is 10.2 Å². The number of carbonyl (C=O) groups is 1. The number of nitrogens with two attached hydrogens (primary N) is 1. The van der Waals surface area contributed by atoms with Gasteiger partial charge in [0.1, 0.15) is 0 Å². The minimum atomic E-state index is -0.218. The normalized spacial score (nSPS) is 10.6. The van der Waals surface area contributed by atoms with Crippen LogP contribution in [0.4, 0.5) is 10.8 Å². The minimum Gasteiger partial charge on any atom is -0.322 e. The van der Waals surface area contributed by atoms with Crippen molar-refractivity contribution in [2.24, 2.45) is 5.84 Å². The van der Waals surface area contributed by atoms with Crippen LogP contribution in [-0.4, -0.2) is 10.9 Å². The number of thiazole rings is 1. The van der Waals surface area contributed by atoms with E-state index in [0.29, 0.717) is 21.4 Å². The van der Waals surface area contributed by atoms with Crippen LogP contribution in [0.2, 0.25) is 5.02 Å². The van der Waals surface area contributed by atoms with Gasteiger partial charge in [-0.3, -0.25) is 10.2 Å². The molecule has 0 saturated heterocycles. The number of amides is 1. The lowest BCUT2D eigenvalue weighted by Crippen LogP contribution is -2.11. The van der Waals surface area contributed by atoms with Crippen LogP contribution in [-0.2, 0) is 0 Å². The summed E-state index contributed by atoms with van der Waals surface area (Å²) in [4.78, 5) is 16.4. The minimum absolute atomic E-state index is 0.218. The van der Waals surface area contributed by atoms with Crippen LogP contribution < -0.4 is 16.6 Å². The smallest absolute Gasteiger partial charge is 0.255 e. The van der Waals surface area contributed by atoms with Gasteiger partial charge in [-0.05, 0) is 36.4 Å². The van der Waals surface area contributed by atoms with Crippen LogP contribution in [0.3, 0.4) is 0 Å². The number of nitrogens with zero attached hydrogens (tertiary/aromatic N) is 1. The van der Waals surface area contributed by atoms with Crippen molar-refractivity contribution in [3.8, 4) is 0 Å². The Bertz CT molecular complexity index is 818. The van der Waals surface area contributed by atoms with E-state index in [-0.39, 0.29) is 5.91 Å². The summed E-state index contributed by atoms with van der Waals surface area (Å²) in [6.07, 6.45) is 0. The van der Waals surface area contributed by atoms with Crippen molar-refractivity contribution < 1.29 is 4.79 Å². The number of aromatic nitrogens is 1. The lowest BCUT2D eigenvalue weighted by molar-refractivity contribution is 0.102. The van der Waals surface area contributed by atoms with Gasteiger partial charge in [0.2, 0.25) is 0 Å². The molecule has 0 saturated carbocycles. The predicted octanol–water partition coefficient (Wildman–Crippen LogP) is 3.49.